The highest BCUT2D eigenvalue weighted by atomic mass is 32.2. The third-order valence-electron chi connectivity index (χ3n) is 5.45. The highest BCUT2D eigenvalue weighted by molar-refractivity contribution is 7.92. The van der Waals surface area contributed by atoms with Gasteiger partial charge in [0.15, 0.2) is 0 Å². The molecule has 0 bridgehead atoms. The predicted octanol–water partition coefficient (Wildman–Crippen LogP) is 1.42. The fraction of sp³-hybridized carbons (Fsp3) is 0.174. The third-order valence-corrected chi connectivity index (χ3v) is 6.54. The minimum Gasteiger partial charge on any atom is -0.369 e. The van der Waals surface area contributed by atoms with Gasteiger partial charge in [-0.1, -0.05) is 12.1 Å². The Morgan fingerprint density at radius 3 is 2.35 bits per heavy atom. The number of nitrogens with two attached hydrogens (primary N) is 1. The first kappa shape index (κ1) is 23.1. The number of rotatable bonds is 7. The Labute approximate surface area is 194 Å². The van der Waals surface area contributed by atoms with Crippen LogP contribution in [0.15, 0.2) is 53.5 Å². The largest absolute Gasteiger partial charge is 0.369 e. The predicted molar refractivity (Wildman–Crippen MR) is 131 cm³/mol. The summed E-state index contributed by atoms with van der Waals surface area (Å²) in [4.78, 5) is 41.3. The molecule has 0 unspecified atom stereocenters. The van der Waals surface area contributed by atoms with Crippen molar-refractivity contribution in [2.24, 2.45) is 5.73 Å². The van der Waals surface area contributed by atoms with Crippen LogP contribution in [0.1, 0.15) is 11.1 Å². The Bertz CT molecular complexity index is 1590. The number of hydrogen-bond donors (Lipinski definition) is 4. The molecule has 11 heteroatoms. The van der Waals surface area contributed by atoms with E-state index in [1.165, 1.54) is 17.5 Å². The van der Waals surface area contributed by atoms with E-state index in [0.717, 1.165) is 6.26 Å². The zero-order chi connectivity index (χ0) is 24.6. The van der Waals surface area contributed by atoms with E-state index in [1.807, 2.05) is 0 Å². The first-order chi connectivity index (χ1) is 16.1. The van der Waals surface area contributed by atoms with Gasteiger partial charge in [0.25, 0.3) is 5.56 Å². The van der Waals surface area contributed by atoms with Crippen molar-refractivity contribution >= 4 is 55.0 Å². The van der Waals surface area contributed by atoms with E-state index in [1.54, 1.807) is 42.5 Å². The average molecular weight is 482 g/mol. The minimum absolute atomic E-state index is 0.0398. The van der Waals surface area contributed by atoms with E-state index in [2.05, 4.69) is 15.3 Å². The summed E-state index contributed by atoms with van der Waals surface area (Å²) < 4.78 is 26.7. The van der Waals surface area contributed by atoms with Gasteiger partial charge in [0.05, 0.1) is 30.5 Å². The summed E-state index contributed by atoms with van der Waals surface area (Å²) in [5.41, 5.74) is 7.79. The fourth-order valence-corrected chi connectivity index (χ4v) is 4.99. The number of aromatic nitrogens is 2. The van der Waals surface area contributed by atoms with Crippen molar-refractivity contribution in [1.82, 2.24) is 15.3 Å². The number of likely N-dealkylation sites (N-methyl/N-ethyl adjacent to an activating group) is 1. The summed E-state index contributed by atoms with van der Waals surface area (Å²) in [5, 5.41) is 3.72. The Morgan fingerprint density at radius 1 is 1.06 bits per heavy atom. The number of carbonyl (C=O) groups excluding carboxylic acids is 2. The number of H-pyrrole nitrogens is 2. The average Bonchev–Trinajstić information content (AvgIpc) is 3.16. The fourth-order valence-electron chi connectivity index (χ4n) is 3.99. The van der Waals surface area contributed by atoms with Gasteiger partial charge in [-0.3, -0.25) is 14.4 Å². The van der Waals surface area contributed by atoms with Crippen LogP contribution in [-0.2, 0) is 32.5 Å². The zero-order valence-electron chi connectivity index (χ0n) is 18.5. The summed E-state index contributed by atoms with van der Waals surface area (Å²) in [6, 6.07) is 11.5. The Hall–Kier alpha value is -4.12. The number of benzene rings is 2. The molecule has 10 nitrogen and oxygen atoms in total. The van der Waals surface area contributed by atoms with Crippen LogP contribution in [0.2, 0.25) is 0 Å². The van der Waals surface area contributed by atoms with Crippen molar-refractivity contribution in [3.05, 3.63) is 70.1 Å². The van der Waals surface area contributed by atoms with E-state index in [4.69, 9.17) is 5.73 Å². The van der Waals surface area contributed by atoms with E-state index in [9.17, 15) is 22.8 Å². The molecule has 0 saturated heterocycles. The maximum absolute atomic E-state index is 12.8. The highest BCUT2D eigenvalue weighted by Gasteiger charge is 2.22. The van der Waals surface area contributed by atoms with E-state index >= 15 is 0 Å². The number of nitrogens with zero attached hydrogens (tertiary/aromatic N) is 1. The van der Waals surface area contributed by atoms with Gasteiger partial charge < -0.3 is 21.0 Å². The van der Waals surface area contributed by atoms with Crippen molar-refractivity contribution in [3.63, 3.8) is 0 Å². The Balaban J connectivity index is 1.90. The van der Waals surface area contributed by atoms with Gasteiger partial charge >= 0.3 is 0 Å². The number of sulfonamides is 1. The number of pyridine rings is 1. The maximum Gasteiger partial charge on any atom is 0.272 e. The molecular weight excluding hydrogens is 458 g/mol. The first-order valence-corrected chi connectivity index (χ1v) is 12.2. The lowest BCUT2D eigenvalue weighted by Gasteiger charge is -2.23. The Morgan fingerprint density at radius 2 is 1.74 bits per heavy atom. The molecule has 0 saturated carbocycles. The molecule has 4 aromatic rings. The Kier molecular flexibility index (Phi) is 5.88. The van der Waals surface area contributed by atoms with Gasteiger partial charge in [0, 0.05) is 29.5 Å². The van der Waals surface area contributed by atoms with Gasteiger partial charge in [-0.05, 0) is 41.5 Å². The molecule has 5 N–H and O–H groups in total. The molecule has 0 aliphatic rings. The van der Waals surface area contributed by atoms with Crippen LogP contribution >= 0.6 is 0 Å². The number of amides is 2. The van der Waals surface area contributed by atoms with E-state index < -0.39 is 15.9 Å². The summed E-state index contributed by atoms with van der Waals surface area (Å²) in [6.07, 6.45) is 2.66. The molecule has 0 atom stereocenters. The molecule has 2 aromatic heterocycles. The van der Waals surface area contributed by atoms with Crippen LogP contribution in [0.4, 0.5) is 11.4 Å². The second kappa shape index (κ2) is 8.67. The van der Waals surface area contributed by atoms with Crippen molar-refractivity contribution < 1.29 is 18.0 Å². The molecule has 2 heterocycles. The molecule has 0 aliphatic carbocycles. The van der Waals surface area contributed by atoms with Crippen LogP contribution in [0.25, 0.3) is 21.8 Å². The van der Waals surface area contributed by atoms with Gasteiger partial charge in [0.2, 0.25) is 21.8 Å². The summed E-state index contributed by atoms with van der Waals surface area (Å²) in [7, 11) is -2.23. The van der Waals surface area contributed by atoms with Crippen LogP contribution in [0.3, 0.4) is 0 Å². The quantitative estimate of drug-likeness (QED) is 0.314. The minimum atomic E-state index is -3.75. The van der Waals surface area contributed by atoms with Crippen molar-refractivity contribution in [2.45, 2.75) is 12.8 Å². The molecule has 2 amide bonds. The van der Waals surface area contributed by atoms with Crippen molar-refractivity contribution in [2.75, 3.05) is 17.6 Å². The van der Waals surface area contributed by atoms with Crippen LogP contribution in [0, 0.1) is 0 Å². The summed E-state index contributed by atoms with van der Waals surface area (Å²) in [5.74, 6) is -0.715. The van der Waals surface area contributed by atoms with Crippen LogP contribution in [-0.4, -0.2) is 43.5 Å². The molecule has 2 aromatic carbocycles. The molecule has 176 valence electrons. The second-order valence-corrected chi connectivity index (χ2v) is 9.77. The maximum atomic E-state index is 12.8. The molecule has 0 fully saturated rings. The van der Waals surface area contributed by atoms with E-state index in [-0.39, 0.29) is 24.3 Å². The number of anilines is 2. The van der Waals surface area contributed by atoms with Crippen LogP contribution in [0.5, 0.6) is 0 Å². The SMILES string of the molecule is CNC(=O)Cc1c[nH]c(=O)c2[nH]c3ccc(N(c4ccc(CC(N)=O)cc4)S(C)(=O)=O)cc3c12. The monoisotopic (exact) mass is 481 g/mol. The molecule has 0 radical (unpaired) electrons. The lowest BCUT2D eigenvalue weighted by molar-refractivity contribution is -0.120. The smallest absolute Gasteiger partial charge is 0.272 e. The van der Waals surface area contributed by atoms with Gasteiger partial charge in [-0.2, -0.15) is 0 Å². The normalized spacial score (nSPS) is 11.6. The number of fused-ring (bicyclic) bond motifs is 3. The topological polar surface area (TPSA) is 158 Å². The zero-order valence-corrected chi connectivity index (χ0v) is 19.3. The third kappa shape index (κ3) is 4.37. The number of aromatic amines is 2. The molecule has 34 heavy (non-hydrogen) atoms. The van der Waals surface area contributed by atoms with Crippen molar-refractivity contribution in [3.8, 4) is 0 Å². The number of hydrogen-bond acceptors (Lipinski definition) is 5. The molecule has 4 rings (SSSR count). The number of primary amides is 1. The first-order valence-electron chi connectivity index (χ1n) is 10.3. The number of nitrogens with one attached hydrogen (secondary N) is 3. The molecular formula is C23H23N5O5S. The molecule has 0 aliphatic heterocycles. The van der Waals surface area contributed by atoms with Crippen LogP contribution < -0.4 is 20.9 Å². The lowest BCUT2D eigenvalue weighted by atomic mass is 10.1. The van der Waals surface area contributed by atoms with Gasteiger partial charge in [-0.25, -0.2) is 12.7 Å². The summed E-state index contributed by atoms with van der Waals surface area (Å²) in [6.45, 7) is 0. The lowest BCUT2D eigenvalue weighted by Crippen LogP contribution is -2.24. The van der Waals surface area contributed by atoms with Crippen molar-refractivity contribution in [1.29, 1.82) is 0 Å². The second-order valence-electron chi connectivity index (χ2n) is 7.93. The van der Waals surface area contributed by atoms with Gasteiger partial charge in [0.1, 0.15) is 5.52 Å². The highest BCUT2D eigenvalue weighted by Crippen LogP contribution is 2.34. The number of carbonyl (C=O) groups is 2. The molecule has 0 spiro atoms. The van der Waals surface area contributed by atoms with E-state index in [0.29, 0.717) is 44.3 Å². The summed E-state index contributed by atoms with van der Waals surface area (Å²) >= 11 is 0. The van der Waals surface area contributed by atoms with Gasteiger partial charge in [-0.15, -0.1) is 0 Å². The standard InChI is InChI=1S/C23H23N5O5S/c1-25-20(30)10-14-12-26-23(31)22-21(14)17-11-16(7-8-18(17)27-22)28(34(2,32)33)15-5-3-13(4-6-15)9-19(24)29/h3-8,11-12,27H,9-10H2,1-2H3,(H2,24,29)(H,25,30)(H,26,31).